The molecule has 0 spiro atoms. The topological polar surface area (TPSA) is 69.4 Å². The zero-order valence-corrected chi connectivity index (χ0v) is 23.5. The van der Waals surface area contributed by atoms with Crippen LogP contribution in [0.15, 0.2) is 46.3 Å². The van der Waals surface area contributed by atoms with E-state index in [2.05, 4.69) is 53.7 Å². The zero-order valence-electron chi connectivity index (χ0n) is 23.5. The Hall–Kier alpha value is -2.10. The van der Waals surface area contributed by atoms with E-state index in [1.807, 2.05) is 13.0 Å². The van der Waals surface area contributed by atoms with Crippen LogP contribution in [0.2, 0.25) is 0 Å². The first-order valence-corrected chi connectivity index (χ1v) is 14.1. The number of fused-ring (bicyclic) bond motifs is 7. The molecule has 0 unspecified atom stereocenters. The lowest BCUT2D eigenvalue weighted by Crippen LogP contribution is -2.62. The van der Waals surface area contributed by atoms with Crippen LogP contribution >= 0.6 is 0 Å². The van der Waals surface area contributed by atoms with E-state index in [9.17, 15) is 9.59 Å². The van der Waals surface area contributed by atoms with Gasteiger partial charge in [-0.15, -0.1) is 0 Å². The van der Waals surface area contributed by atoms with Gasteiger partial charge in [-0.05, 0) is 97.7 Å². The highest BCUT2D eigenvalue weighted by atomic mass is 16.5. The van der Waals surface area contributed by atoms with Gasteiger partial charge in [0.2, 0.25) is 11.7 Å². The van der Waals surface area contributed by atoms with Crippen molar-refractivity contribution in [3.05, 3.63) is 46.3 Å². The molecular formula is C32H45NO3. The van der Waals surface area contributed by atoms with Crippen molar-refractivity contribution in [1.82, 2.24) is 0 Å². The third kappa shape index (κ3) is 3.18. The predicted molar refractivity (Wildman–Crippen MR) is 144 cm³/mol. The molecule has 196 valence electrons. The van der Waals surface area contributed by atoms with Crippen molar-refractivity contribution in [3.8, 4) is 0 Å². The molecule has 5 aliphatic carbocycles. The largest absolute Gasteiger partial charge is 0.489 e. The highest BCUT2D eigenvalue weighted by molar-refractivity contribution is 6.07. The smallest absolute Gasteiger partial charge is 0.223 e. The van der Waals surface area contributed by atoms with Gasteiger partial charge in [-0.25, -0.2) is 0 Å². The molecule has 3 fully saturated rings. The van der Waals surface area contributed by atoms with Crippen LogP contribution in [0, 0.1) is 33.0 Å². The van der Waals surface area contributed by atoms with Gasteiger partial charge in [0.15, 0.2) is 5.76 Å². The summed E-state index contributed by atoms with van der Waals surface area (Å²) in [5.41, 5.74) is 10.5. The third-order valence-corrected chi connectivity index (χ3v) is 11.9. The summed E-state index contributed by atoms with van der Waals surface area (Å²) >= 11 is 0. The molecule has 0 radical (unpaired) electrons. The molecule has 0 aromatic rings. The van der Waals surface area contributed by atoms with E-state index in [0.29, 0.717) is 18.3 Å². The second-order valence-corrected chi connectivity index (χ2v) is 13.8. The molecule has 6 atom stereocenters. The van der Waals surface area contributed by atoms with Crippen molar-refractivity contribution < 1.29 is 14.3 Å². The second kappa shape index (κ2) is 7.95. The number of nitrogens with two attached hydrogens (primary N) is 1. The van der Waals surface area contributed by atoms with Crippen LogP contribution in [0.4, 0.5) is 0 Å². The van der Waals surface area contributed by atoms with E-state index >= 15 is 0 Å². The summed E-state index contributed by atoms with van der Waals surface area (Å²) in [6.45, 7) is 16.6. The fourth-order valence-electron chi connectivity index (χ4n) is 9.06. The summed E-state index contributed by atoms with van der Waals surface area (Å²) < 4.78 is 5.89. The highest BCUT2D eigenvalue weighted by Gasteiger charge is 2.67. The average Bonchev–Trinajstić information content (AvgIpc) is 2.82. The highest BCUT2D eigenvalue weighted by Crippen LogP contribution is 2.75. The summed E-state index contributed by atoms with van der Waals surface area (Å²) in [4.78, 5) is 25.8. The van der Waals surface area contributed by atoms with Gasteiger partial charge >= 0.3 is 0 Å². The molecule has 0 aromatic heterocycles. The Kier molecular flexibility index (Phi) is 5.64. The first kappa shape index (κ1) is 25.5. The number of carbonyl (C=O) groups is 2. The third-order valence-electron chi connectivity index (χ3n) is 11.9. The van der Waals surface area contributed by atoms with Gasteiger partial charge in [0.05, 0.1) is 6.61 Å². The molecule has 0 aromatic carbocycles. The zero-order chi connectivity index (χ0) is 26.3. The van der Waals surface area contributed by atoms with E-state index in [1.54, 1.807) is 0 Å². The number of primary amides is 1. The molecule has 5 rings (SSSR count). The molecule has 0 aliphatic heterocycles. The lowest BCUT2D eigenvalue weighted by atomic mass is 9.34. The van der Waals surface area contributed by atoms with E-state index in [0.717, 1.165) is 50.5 Å². The number of allylic oxidation sites excluding steroid dienone is 7. The Labute approximate surface area is 217 Å². The van der Waals surface area contributed by atoms with Crippen LogP contribution in [0.25, 0.3) is 0 Å². The van der Waals surface area contributed by atoms with Crippen LogP contribution in [0.5, 0.6) is 0 Å². The van der Waals surface area contributed by atoms with Crippen molar-refractivity contribution in [3.63, 3.8) is 0 Å². The van der Waals surface area contributed by atoms with E-state index in [1.165, 1.54) is 23.1 Å². The minimum atomic E-state index is -0.421. The first-order chi connectivity index (χ1) is 16.8. The molecule has 36 heavy (non-hydrogen) atoms. The van der Waals surface area contributed by atoms with Gasteiger partial charge in [-0.2, -0.15) is 0 Å². The summed E-state index contributed by atoms with van der Waals surface area (Å²) in [5.74, 6) is 0.832. The summed E-state index contributed by atoms with van der Waals surface area (Å²) in [6.07, 6.45) is 14.7. The molecule has 0 heterocycles. The van der Waals surface area contributed by atoms with Crippen molar-refractivity contribution in [2.75, 3.05) is 6.61 Å². The monoisotopic (exact) mass is 491 g/mol. The van der Waals surface area contributed by atoms with E-state index in [-0.39, 0.29) is 33.4 Å². The molecule has 2 N–H and O–H groups in total. The summed E-state index contributed by atoms with van der Waals surface area (Å²) in [7, 11) is 0. The lowest BCUT2D eigenvalue weighted by molar-refractivity contribution is -0.167. The van der Waals surface area contributed by atoms with Gasteiger partial charge in [0, 0.05) is 16.4 Å². The van der Waals surface area contributed by atoms with E-state index < -0.39 is 5.41 Å². The molecule has 0 bridgehead atoms. The number of ketones is 1. The molecule has 3 saturated carbocycles. The standard InChI is InChI=1S/C32H45NO3/c1-8-17-36-26-20(2)21-9-10-24-30(5,22(21)18-23(26)34)14-16-32(7)25-19-29(4,27(33)35)12-11-28(25,3)13-15-31(24,32)6/h9-10,18,25H,8,11-17,19H2,1-7H3,(H2,33,35)/t25-,28-,29-,30+,31-,32+/m1/s1. The maximum Gasteiger partial charge on any atom is 0.223 e. The molecule has 4 nitrogen and oxygen atoms in total. The second-order valence-electron chi connectivity index (χ2n) is 13.8. The fourth-order valence-corrected chi connectivity index (χ4v) is 9.06. The SMILES string of the molecule is CCCOC1=C(C)C2=CC=C3[C@@](C)(CC[C@@]4(C)[C@@H]5C[C@](C)(C(N)=O)CC[C@]5(C)CC[C@]34C)C2=CC1=O. The minimum Gasteiger partial charge on any atom is -0.489 e. The molecule has 1 amide bonds. The van der Waals surface area contributed by atoms with Crippen LogP contribution in [0.1, 0.15) is 99.8 Å². The van der Waals surface area contributed by atoms with Crippen LogP contribution in [-0.4, -0.2) is 18.3 Å². The maximum atomic E-state index is 13.2. The van der Waals surface area contributed by atoms with Crippen molar-refractivity contribution in [1.29, 1.82) is 0 Å². The first-order valence-electron chi connectivity index (χ1n) is 14.1. The van der Waals surface area contributed by atoms with Gasteiger partial charge in [0.1, 0.15) is 0 Å². The number of hydrogen-bond donors (Lipinski definition) is 1. The molecule has 0 saturated heterocycles. The Morgan fingerprint density at radius 1 is 1.03 bits per heavy atom. The maximum absolute atomic E-state index is 13.2. The normalized spacial score (nSPS) is 43.8. The minimum absolute atomic E-state index is 0.00258. The van der Waals surface area contributed by atoms with Crippen molar-refractivity contribution in [2.45, 2.75) is 99.8 Å². The number of amides is 1. The van der Waals surface area contributed by atoms with Crippen LogP contribution in [0.3, 0.4) is 0 Å². The van der Waals surface area contributed by atoms with Crippen LogP contribution < -0.4 is 5.73 Å². The molecular weight excluding hydrogens is 446 g/mol. The molecule has 5 aliphatic rings. The van der Waals surface area contributed by atoms with Gasteiger partial charge in [0.25, 0.3) is 0 Å². The number of rotatable bonds is 4. The molecule has 4 heteroatoms. The lowest BCUT2D eigenvalue weighted by Gasteiger charge is -2.70. The van der Waals surface area contributed by atoms with Crippen molar-refractivity contribution in [2.24, 2.45) is 38.7 Å². The quantitative estimate of drug-likeness (QED) is 0.462. The Balaban J connectivity index is 1.60. The van der Waals surface area contributed by atoms with Gasteiger partial charge in [-0.3, -0.25) is 9.59 Å². The fraction of sp³-hybridized carbons (Fsp3) is 0.688. The van der Waals surface area contributed by atoms with E-state index in [4.69, 9.17) is 10.5 Å². The van der Waals surface area contributed by atoms with Crippen LogP contribution in [-0.2, 0) is 14.3 Å². The van der Waals surface area contributed by atoms with Gasteiger partial charge < -0.3 is 10.5 Å². The van der Waals surface area contributed by atoms with Crippen molar-refractivity contribution >= 4 is 11.7 Å². The Morgan fingerprint density at radius 2 is 1.72 bits per heavy atom. The number of carbonyl (C=O) groups excluding carboxylic acids is 2. The summed E-state index contributed by atoms with van der Waals surface area (Å²) in [6, 6.07) is 0. The van der Waals surface area contributed by atoms with Gasteiger partial charge in [-0.1, -0.05) is 59.3 Å². The average molecular weight is 492 g/mol. The summed E-state index contributed by atoms with van der Waals surface area (Å²) in [5, 5.41) is 0. The Morgan fingerprint density at radius 3 is 2.39 bits per heavy atom. The predicted octanol–water partition coefficient (Wildman–Crippen LogP) is 6.97. The number of ether oxygens (including phenoxy) is 1. The Bertz CT molecular complexity index is 1160. The number of hydrogen-bond acceptors (Lipinski definition) is 3.